The highest BCUT2D eigenvalue weighted by Gasteiger charge is 2.22. The van der Waals surface area contributed by atoms with E-state index in [0.717, 1.165) is 18.2 Å². The minimum Gasteiger partial charge on any atom is -0.490 e. The van der Waals surface area contributed by atoms with Crippen LogP contribution in [0.1, 0.15) is 12.5 Å². The van der Waals surface area contributed by atoms with Gasteiger partial charge in [-0.3, -0.25) is 29.8 Å². The molecule has 0 spiro atoms. The average molecular weight is 562 g/mol. The summed E-state index contributed by atoms with van der Waals surface area (Å²) in [5, 5.41) is 28.6. The summed E-state index contributed by atoms with van der Waals surface area (Å²) in [6, 6.07) is 11.9. The maximum absolute atomic E-state index is 12.1. The van der Waals surface area contributed by atoms with E-state index in [1.807, 2.05) is 0 Å². The third-order valence-electron chi connectivity index (χ3n) is 4.62. The smallest absolute Gasteiger partial charge is 0.329 e. The zero-order valence-electron chi connectivity index (χ0n) is 19.3. The van der Waals surface area contributed by atoms with Crippen LogP contribution in [-0.2, 0) is 9.59 Å². The molecule has 0 aromatic heterocycles. The maximum atomic E-state index is 12.1. The number of anilines is 1. The summed E-state index contributed by atoms with van der Waals surface area (Å²) in [7, 11) is 0. The van der Waals surface area contributed by atoms with E-state index in [1.54, 1.807) is 13.0 Å². The molecule has 0 atom stereocenters. The van der Waals surface area contributed by atoms with Crippen molar-refractivity contribution in [3.8, 4) is 17.2 Å². The van der Waals surface area contributed by atoms with Gasteiger partial charge in [0.05, 0.1) is 44.5 Å². The number of hydrogen-bond acceptors (Lipinski definition) is 9. The van der Waals surface area contributed by atoms with Gasteiger partial charge in [0, 0.05) is 6.07 Å². The van der Waals surface area contributed by atoms with Gasteiger partial charge in [0.15, 0.2) is 11.5 Å². The van der Waals surface area contributed by atoms with Gasteiger partial charge in [0.25, 0.3) is 5.69 Å². The van der Waals surface area contributed by atoms with E-state index >= 15 is 0 Å². The van der Waals surface area contributed by atoms with Crippen LogP contribution in [0.4, 0.5) is 17.1 Å². The third-order valence-corrected chi connectivity index (χ3v) is 5.44. The van der Waals surface area contributed by atoms with Crippen molar-refractivity contribution in [3.05, 3.63) is 90.4 Å². The number of benzene rings is 3. The van der Waals surface area contributed by atoms with Crippen LogP contribution in [0, 0.1) is 20.2 Å². The fraction of sp³-hybridized carbons (Fsp3) is 0.0870. The van der Waals surface area contributed by atoms with Crippen LogP contribution in [0.2, 0.25) is 10.0 Å². The highest BCUT2D eigenvalue weighted by molar-refractivity contribution is 6.45. The van der Waals surface area contributed by atoms with Gasteiger partial charge in [-0.25, -0.2) is 5.43 Å². The zero-order chi connectivity index (χ0) is 27.8. The van der Waals surface area contributed by atoms with Gasteiger partial charge in [-0.1, -0.05) is 29.3 Å². The van der Waals surface area contributed by atoms with Crippen LogP contribution in [0.5, 0.6) is 17.2 Å². The highest BCUT2D eigenvalue weighted by Crippen LogP contribution is 2.38. The quantitative estimate of drug-likeness (QED) is 0.157. The van der Waals surface area contributed by atoms with Crippen LogP contribution in [0.15, 0.2) is 59.7 Å². The summed E-state index contributed by atoms with van der Waals surface area (Å²) in [5.41, 5.74) is 1.56. The van der Waals surface area contributed by atoms with Crippen molar-refractivity contribution in [3.63, 3.8) is 0 Å². The molecular weight excluding hydrogens is 545 g/mol. The summed E-state index contributed by atoms with van der Waals surface area (Å²) in [6.45, 7) is 1.91. The molecule has 2 N–H and O–H groups in total. The largest absolute Gasteiger partial charge is 0.490 e. The Bertz CT molecular complexity index is 1450. The molecule has 0 heterocycles. The Hall–Kier alpha value is -4.75. The van der Waals surface area contributed by atoms with Crippen molar-refractivity contribution >= 4 is 58.3 Å². The number of ether oxygens (including phenoxy) is 2. The minimum absolute atomic E-state index is 0.0728. The van der Waals surface area contributed by atoms with Crippen LogP contribution in [0.25, 0.3) is 0 Å². The van der Waals surface area contributed by atoms with Crippen molar-refractivity contribution in [1.29, 1.82) is 0 Å². The minimum atomic E-state index is -1.08. The van der Waals surface area contributed by atoms with Gasteiger partial charge in [-0.15, -0.1) is 0 Å². The number of carbonyl (C=O) groups excluding carboxylic acids is 2. The van der Waals surface area contributed by atoms with E-state index in [0.29, 0.717) is 5.56 Å². The van der Waals surface area contributed by atoms with Crippen LogP contribution in [-0.4, -0.2) is 34.5 Å². The predicted octanol–water partition coefficient (Wildman–Crippen LogP) is 5.09. The normalized spacial score (nSPS) is 10.6. The Kier molecular flexibility index (Phi) is 9.13. The average Bonchev–Trinajstić information content (AvgIpc) is 2.88. The lowest BCUT2D eigenvalue weighted by Crippen LogP contribution is -2.32. The molecule has 196 valence electrons. The third kappa shape index (κ3) is 6.93. The second-order valence-electron chi connectivity index (χ2n) is 7.16. The lowest BCUT2D eigenvalue weighted by atomic mass is 10.2. The molecule has 0 aliphatic carbocycles. The standard InChI is InChI=1S/C23H17Cl2N5O8/c1-2-37-20-10-13(12-26-28-23(32)22(31)27-16-5-3-4-15(24)21(16)25)6-8-19(20)38-18-9-7-14(29(33)34)11-17(18)30(35)36/h3-12H,2H2,1H3,(H,27,31)(H,28,32)/b26-12+. The van der Waals surface area contributed by atoms with E-state index < -0.39 is 33.0 Å². The topological polar surface area (TPSA) is 175 Å². The number of hydrazone groups is 1. The molecule has 3 rings (SSSR count). The predicted molar refractivity (Wildman–Crippen MR) is 138 cm³/mol. The van der Waals surface area contributed by atoms with Crippen molar-refractivity contribution in [2.75, 3.05) is 11.9 Å². The zero-order valence-corrected chi connectivity index (χ0v) is 20.9. The molecule has 13 nitrogen and oxygen atoms in total. The molecule has 38 heavy (non-hydrogen) atoms. The van der Waals surface area contributed by atoms with E-state index in [-0.39, 0.29) is 39.6 Å². The number of hydrogen-bond donors (Lipinski definition) is 2. The number of carbonyl (C=O) groups is 2. The number of nitro benzene ring substituents is 2. The number of nitro groups is 2. The molecule has 0 saturated carbocycles. The number of nitrogens with zero attached hydrogens (tertiary/aromatic N) is 3. The molecule has 3 aromatic rings. The van der Waals surface area contributed by atoms with Gasteiger partial charge in [-0.2, -0.15) is 5.10 Å². The summed E-state index contributed by atoms with van der Waals surface area (Å²) < 4.78 is 11.1. The van der Waals surface area contributed by atoms with E-state index in [2.05, 4.69) is 15.8 Å². The summed E-state index contributed by atoms with van der Waals surface area (Å²) in [5.74, 6) is -2.09. The lowest BCUT2D eigenvalue weighted by Gasteiger charge is -2.12. The Morgan fingerprint density at radius 1 is 0.974 bits per heavy atom. The van der Waals surface area contributed by atoms with Gasteiger partial charge in [0.2, 0.25) is 5.75 Å². The Morgan fingerprint density at radius 3 is 2.39 bits per heavy atom. The van der Waals surface area contributed by atoms with Crippen LogP contribution >= 0.6 is 23.2 Å². The monoisotopic (exact) mass is 561 g/mol. The number of halogens is 2. The van der Waals surface area contributed by atoms with E-state index in [9.17, 15) is 29.8 Å². The maximum Gasteiger partial charge on any atom is 0.329 e. The summed E-state index contributed by atoms with van der Waals surface area (Å²) in [4.78, 5) is 44.9. The Balaban J connectivity index is 1.73. The molecule has 0 aliphatic heterocycles. The molecule has 0 saturated heterocycles. The summed E-state index contributed by atoms with van der Waals surface area (Å²) in [6.07, 6.45) is 1.22. The molecule has 2 amide bonds. The first kappa shape index (κ1) is 27.8. The molecule has 0 radical (unpaired) electrons. The number of amides is 2. The Morgan fingerprint density at radius 2 is 1.71 bits per heavy atom. The van der Waals surface area contributed by atoms with Gasteiger partial charge >= 0.3 is 17.5 Å². The van der Waals surface area contributed by atoms with Crippen molar-refractivity contribution < 1.29 is 28.9 Å². The molecule has 0 unspecified atom stereocenters. The van der Waals surface area contributed by atoms with Crippen molar-refractivity contribution in [1.82, 2.24) is 5.43 Å². The SMILES string of the molecule is CCOc1cc(/C=N/NC(=O)C(=O)Nc2cccc(Cl)c2Cl)ccc1Oc1ccc([N+](=O)[O-])cc1[N+](=O)[O-]. The first-order valence-electron chi connectivity index (χ1n) is 10.6. The van der Waals surface area contributed by atoms with E-state index in [1.165, 1.54) is 36.5 Å². The molecule has 3 aromatic carbocycles. The molecular formula is C23H17Cl2N5O8. The Labute approximate surface area is 224 Å². The fourth-order valence-corrected chi connectivity index (χ4v) is 3.27. The first-order chi connectivity index (χ1) is 18.1. The molecule has 0 fully saturated rings. The van der Waals surface area contributed by atoms with Gasteiger partial charge in [0.1, 0.15) is 0 Å². The van der Waals surface area contributed by atoms with Crippen molar-refractivity contribution in [2.24, 2.45) is 5.10 Å². The number of rotatable bonds is 9. The lowest BCUT2D eigenvalue weighted by molar-refractivity contribution is -0.394. The second-order valence-corrected chi connectivity index (χ2v) is 7.95. The highest BCUT2D eigenvalue weighted by atomic mass is 35.5. The second kappa shape index (κ2) is 12.5. The molecule has 0 aliphatic rings. The fourth-order valence-electron chi connectivity index (χ4n) is 2.92. The van der Waals surface area contributed by atoms with Crippen LogP contribution < -0.4 is 20.2 Å². The number of nitrogens with one attached hydrogen (secondary N) is 2. The number of non-ortho nitro benzene ring substituents is 1. The van der Waals surface area contributed by atoms with Crippen molar-refractivity contribution in [2.45, 2.75) is 6.92 Å². The van der Waals surface area contributed by atoms with Gasteiger partial charge < -0.3 is 14.8 Å². The molecule has 15 heteroatoms. The van der Waals surface area contributed by atoms with Gasteiger partial charge in [-0.05, 0) is 48.9 Å². The molecule has 0 bridgehead atoms. The summed E-state index contributed by atoms with van der Waals surface area (Å²) >= 11 is 11.9. The first-order valence-corrected chi connectivity index (χ1v) is 11.3. The van der Waals surface area contributed by atoms with E-state index in [4.69, 9.17) is 32.7 Å². The van der Waals surface area contributed by atoms with Crippen LogP contribution in [0.3, 0.4) is 0 Å².